The number of hydrogen-bond acceptors (Lipinski definition) is 4. The minimum atomic E-state index is 0.217. The van der Waals surface area contributed by atoms with Gasteiger partial charge in [0, 0.05) is 35.5 Å². The number of hydrogen-bond donors (Lipinski definition) is 2. The molecule has 2 unspecified atom stereocenters. The van der Waals surface area contributed by atoms with Gasteiger partial charge in [-0.15, -0.1) is 0 Å². The third-order valence-electron chi connectivity index (χ3n) is 3.46. The predicted octanol–water partition coefficient (Wildman–Crippen LogP) is 2.50. The van der Waals surface area contributed by atoms with E-state index in [1.165, 1.54) is 30.1 Å². The molecule has 0 saturated carbocycles. The molecule has 0 radical (unpaired) electrons. The maximum atomic E-state index is 11.8. The summed E-state index contributed by atoms with van der Waals surface area (Å²) < 4.78 is 0. The lowest BCUT2D eigenvalue weighted by Gasteiger charge is -2.21. The molecule has 1 amide bonds. The molecule has 5 heteroatoms. The molecule has 3 nitrogen and oxygen atoms in total. The Hall–Kier alpha value is 0.130. The van der Waals surface area contributed by atoms with Crippen LogP contribution < -0.4 is 11.1 Å². The molecule has 1 aliphatic rings. The fourth-order valence-electron chi connectivity index (χ4n) is 2.38. The summed E-state index contributed by atoms with van der Waals surface area (Å²) in [6.07, 6.45) is 5.08. The number of nitrogens with one attached hydrogen (secondary N) is 1. The van der Waals surface area contributed by atoms with Gasteiger partial charge in [-0.3, -0.25) is 4.79 Å². The summed E-state index contributed by atoms with van der Waals surface area (Å²) in [7, 11) is 0. The van der Waals surface area contributed by atoms with Crippen LogP contribution in [0.25, 0.3) is 0 Å². The molecular weight excluding hydrogens is 276 g/mol. The minimum absolute atomic E-state index is 0.217. The number of amides is 1. The summed E-state index contributed by atoms with van der Waals surface area (Å²) in [6, 6.07) is 0. The van der Waals surface area contributed by atoms with E-state index in [1.807, 2.05) is 23.5 Å². The first kappa shape index (κ1) is 17.2. The summed E-state index contributed by atoms with van der Waals surface area (Å²) in [6.45, 7) is 3.77. The number of carbonyl (C=O) groups excluding carboxylic acids is 1. The molecule has 0 aromatic heterocycles. The summed E-state index contributed by atoms with van der Waals surface area (Å²) >= 11 is 3.99. The van der Waals surface area contributed by atoms with Gasteiger partial charge in [-0.1, -0.05) is 19.8 Å². The normalized spacial score (nSPS) is 21.1. The highest BCUT2D eigenvalue weighted by Crippen LogP contribution is 2.23. The number of rotatable bonds is 9. The van der Waals surface area contributed by atoms with Crippen molar-refractivity contribution in [2.24, 2.45) is 11.7 Å². The third kappa shape index (κ3) is 8.10. The van der Waals surface area contributed by atoms with Crippen LogP contribution in [0.5, 0.6) is 0 Å². The number of nitrogens with two attached hydrogens (primary N) is 1. The van der Waals surface area contributed by atoms with E-state index in [9.17, 15) is 4.79 Å². The second-order valence-electron chi connectivity index (χ2n) is 5.14. The zero-order valence-electron chi connectivity index (χ0n) is 12.0. The van der Waals surface area contributed by atoms with Crippen molar-refractivity contribution in [3.8, 4) is 0 Å². The van der Waals surface area contributed by atoms with Gasteiger partial charge in [-0.2, -0.15) is 23.5 Å². The van der Waals surface area contributed by atoms with E-state index in [0.717, 1.165) is 25.9 Å². The van der Waals surface area contributed by atoms with E-state index < -0.39 is 0 Å². The van der Waals surface area contributed by atoms with Gasteiger partial charge in [0.25, 0.3) is 0 Å². The lowest BCUT2D eigenvalue weighted by Crippen LogP contribution is -2.33. The Morgan fingerprint density at radius 2 is 2.21 bits per heavy atom. The molecule has 19 heavy (non-hydrogen) atoms. The van der Waals surface area contributed by atoms with Crippen molar-refractivity contribution in [1.82, 2.24) is 5.32 Å². The summed E-state index contributed by atoms with van der Waals surface area (Å²) in [4.78, 5) is 11.8. The van der Waals surface area contributed by atoms with E-state index in [4.69, 9.17) is 5.73 Å². The zero-order chi connectivity index (χ0) is 13.9. The molecule has 1 heterocycles. The highest BCUT2D eigenvalue weighted by atomic mass is 32.2. The van der Waals surface area contributed by atoms with Gasteiger partial charge in [-0.05, 0) is 25.3 Å². The highest BCUT2D eigenvalue weighted by Gasteiger charge is 2.15. The molecule has 1 rings (SSSR count). The molecule has 0 aromatic rings. The van der Waals surface area contributed by atoms with Crippen molar-refractivity contribution in [2.45, 2.75) is 44.3 Å². The van der Waals surface area contributed by atoms with Crippen LogP contribution >= 0.6 is 23.5 Å². The van der Waals surface area contributed by atoms with E-state index in [1.54, 1.807) is 0 Å². The topological polar surface area (TPSA) is 55.1 Å². The first-order valence-electron chi connectivity index (χ1n) is 7.42. The van der Waals surface area contributed by atoms with Gasteiger partial charge in [-0.25, -0.2) is 0 Å². The molecule has 0 bridgehead atoms. The van der Waals surface area contributed by atoms with Gasteiger partial charge in [0.1, 0.15) is 0 Å². The Labute approximate surface area is 126 Å². The van der Waals surface area contributed by atoms with Crippen LogP contribution in [-0.2, 0) is 4.79 Å². The van der Waals surface area contributed by atoms with Gasteiger partial charge in [0.2, 0.25) is 5.91 Å². The highest BCUT2D eigenvalue weighted by molar-refractivity contribution is 8.06. The van der Waals surface area contributed by atoms with Gasteiger partial charge >= 0.3 is 0 Å². The Morgan fingerprint density at radius 1 is 1.37 bits per heavy atom. The molecule has 0 aromatic carbocycles. The van der Waals surface area contributed by atoms with E-state index in [0.29, 0.717) is 17.6 Å². The lowest BCUT2D eigenvalue weighted by molar-refractivity contribution is -0.121. The molecule has 1 fully saturated rings. The largest absolute Gasteiger partial charge is 0.355 e. The monoisotopic (exact) mass is 304 g/mol. The smallest absolute Gasteiger partial charge is 0.220 e. The quantitative estimate of drug-likeness (QED) is 0.687. The van der Waals surface area contributed by atoms with Crippen LogP contribution in [0.4, 0.5) is 0 Å². The maximum absolute atomic E-state index is 11.8. The van der Waals surface area contributed by atoms with Crippen molar-refractivity contribution in [3.63, 3.8) is 0 Å². The second kappa shape index (κ2) is 10.9. The molecule has 3 N–H and O–H groups in total. The molecule has 112 valence electrons. The van der Waals surface area contributed by atoms with E-state index >= 15 is 0 Å². The number of thioether (sulfide) groups is 2. The third-order valence-corrected chi connectivity index (χ3v) is 6.31. The van der Waals surface area contributed by atoms with Crippen LogP contribution in [0.15, 0.2) is 0 Å². The molecule has 1 aliphatic heterocycles. The van der Waals surface area contributed by atoms with Crippen molar-refractivity contribution in [3.05, 3.63) is 0 Å². The van der Waals surface area contributed by atoms with Gasteiger partial charge in [0.15, 0.2) is 0 Å². The Morgan fingerprint density at radius 3 is 2.84 bits per heavy atom. The van der Waals surface area contributed by atoms with Crippen LogP contribution in [-0.4, -0.2) is 41.5 Å². The van der Waals surface area contributed by atoms with Crippen molar-refractivity contribution >= 4 is 29.4 Å². The summed E-state index contributed by atoms with van der Waals surface area (Å²) in [5.74, 6) is 4.50. The number of carbonyl (C=O) groups is 1. The van der Waals surface area contributed by atoms with Gasteiger partial charge < -0.3 is 11.1 Å². The molecular formula is C14H28N2OS2. The van der Waals surface area contributed by atoms with Crippen LogP contribution in [0.3, 0.4) is 0 Å². The first-order chi connectivity index (χ1) is 9.26. The maximum Gasteiger partial charge on any atom is 0.220 e. The van der Waals surface area contributed by atoms with E-state index in [2.05, 4.69) is 12.2 Å². The average molecular weight is 305 g/mol. The Balaban J connectivity index is 2.11. The zero-order valence-corrected chi connectivity index (χ0v) is 13.7. The molecule has 1 saturated heterocycles. The van der Waals surface area contributed by atoms with Crippen molar-refractivity contribution < 1.29 is 4.79 Å². The van der Waals surface area contributed by atoms with Crippen molar-refractivity contribution in [1.29, 1.82) is 0 Å². The predicted molar refractivity (Wildman–Crippen MR) is 87.9 cm³/mol. The Bertz CT molecular complexity index is 240. The van der Waals surface area contributed by atoms with Crippen LogP contribution in [0.2, 0.25) is 0 Å². The Kier molecular flexibility index (Phi) is 9.82. The van der Waals surface area contributed by atoms with Crippen molar-refractivity contribution in [2.75, 3.05) is 30.3 Å². The van der Waals surface area contributed by atoms with Crippen LogP contribution in [0, 0.1) is 5.92 Å². The SMILES string of the molecule is CCCC(CCN)CCC(=O)NCC1CSCCS1. The average Bonchev–Trinajstić information content (AvgIpc) is 2.44. The molecule has 2 atom stereocenters. The lowest BCUT2D eigenvalue weighted by atomic mass is 9.94. The van der Waals surface area contributed by atoms with E-state index in [-0.39, 0.29) is 5.91 Å². The second-order valence-corrected chi connectivity index (χ2v) is 7.70. The van der Waals surface area contributed by atoms with Crippen LogP contribution in [0.1, 0.15) is 39.0 Å². The molecule has 0 spiro atoms. The minimum Gasteiger partial charge on any atom is -0.355 e. The fraction of sp³-hybridized carbons (Fsp3) is 0.929. The van der Waals surface area contributed by atoms with Gasteiger partial charge in [0.05, 0.1) is 0 Å². The first-order valence-corrected chi connectivity index (χ1v) is 9.62. The standard InChI is InChI=1S/C14H28N2OS2/c1-2-3-12(6-7-15)4-5-14(17)16-10-13-11-18-8-9-19-13/h12-13H,2-11,15H2,1H3,(H,16,17). The molecule has 0 aliphatic carbocycles. The summed E-state index contributed by atoms with van der Waals surface area (Å²) in [5.41, 5.74) is 5.62. The fourth-order valence-corrected chi connectivity index (χ4v) is 4.99. The summed E-state index contributed by atoms with van der Waals surface area (Å²) in [5, 5.41) is 3.70.